The number of thioether (sulfide) groups is 1. The number of aliphatic carboxylic acids is 1. The molecule has 4 rings (SSSR count). The number of hydrogen-bond acceptors (Lipinski definition) is 6. The van der Waals surface area contributed by atoms with Gasteiger partial charge in [-0.15, -0.1) is 11.3 Å². The molecule has 1 N–H and O–H groups in total. The molecule has 6 nitrogen and oxygen atoms in total. The third kappa shape index (κ3) is 3.64. The molecule has 9 heteroatoms. The van der Waals surface area contributed by atoms with Crippen molar-refractivity contribution < 1.29 is 14.7 Å². The van der Waals surface area contributed by atoms with Gasteiger partial charge in [0.2, 0.25) is 0 Å². The Labute approximate surface area is 174 Å². The topological polar surface area (TPSA) is 75.4 Å². The third-order valence-electron chi connectivity index (χ3n) is 3.97. The molecule has 2 aromatic heterocycles. The van der Waals surface area contributed by atoms with Gasteiger partial charge in [0.1, 0.15) is 16.6 Å². The summed E-state index contributed by atoms with van der Waals surface area (Å²) in [5.41, 5.74) is 2.42. The number of para-hydroxylation sites is 1. The van der Waals surface area contributed by atoms with Crippen LogP contribution in [0, 0.1) is 0 Å². The second-order valence-corrected chi connectivity index (χ2v) is 8.48. The molecule has 0 spiro atoms. The standard InChI is InChI=1S/C19H13N3O3S3/c23-16(24)11-21-18(25)15(28-19(21)26)9-12-10-22(13-5-2-1-3-6-13)20-17(12)14-7-4-8-27-14/h1-10H,11H2,(H,23,24)/b15-9+. The zero-order valence-electron chi connectivity index (χ0n) is 14.3. The summed E-state index contributed by atoms with van der Waals surface area (Å²) >= 11 is 7.83. The summed E-state index contributed by atoms with van der Waals surface area (Å²) in [5, 5.41) is 15.7. The molecular weight excluding hydrogens is 414 g/mol. The van der Waals surface area contributed by atoms with E-state index >= 15 is 0 Å². The van der Waals surface area contributed by atoms with Gasteiger partial charge in [-0.3, -0.25) is 14.5 Å². The molecule has 0 bridgehead atoms. The molecule has 1 amide bonds. The molecule has 0 aliphatic carbocycles. The lowest BCUT2D eigenvalue weighted by molar-refractivity contribution is -0.140. The number of thiocarbonyl (C=S) groups is 1. The average Bonchev–Trinajstić information content (AvgIpc) is 3.39. The van der Waals surface area contributed by atoms with E-state index in [1.54, 1.807) is 22.1 Å². The fourth-order valence-electron chi connectivity index (χ4n) is 2.72. The molecule has 0 radical (unpaired) electrons. The molecule has 1 saturated heterocycles. The molecular formula is C19H13N3O3S3. The Bertz CT molecular complexity index is 1090. The average molecular weight is 428 g/mol. The Morgan fingerprint density at radius 2 is 2.00 bits per heavy atom. The Morgan fingerprint density at radius 1 is 1.21 bits per heavy atom. The Morgan fingerprint density at radius 3 is 2.68 bits per heavy atom. The molecule has 1 aliphatic rings. The van der Waals surface area contributed by atoms with Gasteiger partial charge in [-0.1, -0.05) is 48.2 Å². The number of aromatic nitrogens is 2. The lowest BCUT2D eigenvalue weighted by atomic mass is 10.2. The van der Waals surface area contributed by atoms with Gasteiger partial charge in [0.15, 0.2) is 0 Å². The van der Waals surface area contributed by atoms with Crippen LogP contribution in [0.15, 0.2) is 58.9 Å². The number of thiophene rings is 1. The van der Waals surface area contributed by atoms with Gasteiger partial charge >= 0.3 is 5.97 Å². The minimum atomic E-state index is -1.10. The highest BCUT2D eigenvalue weighted by Crippen LogP contribution is 2.35. The highest BCUT2D eigenvalue weighted by atomic mass is 32.2. The van der Waals surface area contributed by atoms with Crippen molar-refractivity contribution >= 4 is 57.6 Å². The van der Waals surface area contributed by atoms with E-state index in [4.69, 9.17) is 22.4 Å². The maximum Gasteiger partial charge on any atom is 0.323 e. The highest BCUT2D eigenvalue weighted by Gasteiger charge is 2.33. The van der Waals surface area contributed by atoms with Crippen LogP contribution in [-0.4, -0.2) is 42.5 Å². The summed E-state index contributed by atoms with van der Waals surface area (Å²) in [4.78, 5) is 26.0. The van der Waals surface area contributed by atoms with E-state index in [0.29, 0.717) is 4.91 Å². The SMILES string of the molecule is O=C(O)CN1C(=O)/C(=C\c2cn(-c3ccccc3)nc2-c2cccs2)SC1=S. The molecule has 140 valence electrons. The van der Waals surface area contributed by atoms with E-state index in [9.17, 15) is 9.59 Å². The molecule has 3 heterocycles. The second-order valence-electron chi connectivity index (χ2n) is 5.85. The molecule has 1 fully saturated rings. The van der Waals surface area contributed by atoms with Crippen molar-refractivity contribution in [2.75, 3.05) is 6.54 Å². The molecule has 0 saturated carbocycles. The zero-order chi connectivity index (χ0) is 19.7. The van der Waals surface area contributed by atoms with Crippen LogP contribution in [0.1, 0.15) is 5.56 Å². The quantitative estimate of drug-likeness (QED) is 0.492. The second kappa shape index (κ2) is 7.70. The van der Waals surface area contributed by atoms with Crippen LogP contribution in [-0.2, 0) is 9.59 Å². The Kier molecular flexibility index (Phi) is 5.12. The van der Waals surface area contributed by atoms with E-state index in [1.807, 2.05) is 54.0 Å². The number of carbonyl (C=O) groups is 2. The van der Waals surface area contributed by atoms with Gasteiger partial charge in [0, 0.05) is 11.8 Å². The summed E-state index contributed by atoms with van der Waals surface area (Å²) in [6.45, 7) is -0.441. The Balaban J connectivity index is 1.76. The Hall–Kier alpha value is -2.75. The number of nitrogens with zero attached hydrogens (tertiary/aromatic N) is 3. The van der Waals surface area contributed by atoms with E-state index in [1.165, 1.54) is 0 Å². The summed E-state index contributed by atoms with van der Waals surface area (Å²) in [7, 11) is 0. The monoisotopic (exact) mass is 427 g/mol. The number of carboxylic acid groups (broad SMARTS) is 1. The van der Waals surface area contributed by atoms with Crippen molar-refractivity contribution in [2.24, 2.45) is 0 Å². The van der Waals surface area contributed by atoms with E-state index in [0.717, 1.165) is 38.5 Å². The van der Waals surface area contributed by atoms with Crippen molar-refractivity contribution in [2.45, 2.75) is 0 Å². The largest absolute Gasteiger partial charge is 0.480 e. The smallest absolute Gasteiger partial charge is 0.323 e. The molecule has 0 unspecified atom stereocenters. The highest BCUT2D eigenvalue weighted by molar-refractivity contribution is 8.26. The summed E-state index contributed by atoms with van der Waals surface area (Å²) in [5.74, 6) is -1.50. The van der Waals surface area contributed by atoms with Crippen LogP contribution < -0.4 is 0 Å². The van der Waals surface area contributed by atoms with E-state index < -0.39 is 18.4 Å². The van der Waals surface area contributed by atoms with Crippen LogP contribution in [0.2, 0.25) is 0 Å². The number of rotatable bonds is 5. The van der Waals surface area contributed by atoms with E-state index in [-0.39, 0.29) is 4.32 Å². The number of benzene rings is 1. The first kappa shape index (κ1) is 18.6. The molecule has 1 aliphatic heterocycles. The molecule has 0 atom stereocenters. The maximum absolute atomic E-state index is 12.6. The van der Waals surface area contributed by atoms with Crippen molar-refractivity contribution in [3.63, 3.8) is 0 Å². The van der Waals surface area contributed by atoms with Gasteiger partial charge in [0.25, 0.3) is 5.91 Å². The lowest BCUT2D eigenvalue weighted by Crippen LogP contribution is -2.33. The van der Waals surface area contributed by atoms with Gasteiger partial charge < -0.3 is 5.11 Å². The van der Waals surface area contributed by atoms with Crippen molar-refractivity contribution in [3.05, 3.63) is 64.5 Å². The van der Waals surface area contributed by atoms with Gasteiger partial charge in [0.05, 0.1) is 15.5 Å². The number of carboxylic acids is 1. The third-order valence-corrected chi connectivity index (χ3v) is 6.23. The maximum atomic E-state index is 12.6. The van der Waals surface area contributed by atoms with Crippen LogP contribution in [0.25, 0.3) is 22.3 Å². The number of amides is 1. The van der Waals surface area contributed by atoms with Crippen molar-refractivity contribution in [1.82, 2.24) is 14.7 Å². The molecule has 1 aromatic carbocycles. The first-order valence-corrected chi connectivity index (χ1v) is 10.3. The summed E-state index contributed by atoms with van der Waals surface area (Å²) in [6.07, 6.45) is 3.58. The predicted molar refractivity (Wildman–Crippen MR) is 114 cm³/mol. The minimum absolute atomic E-state index is 0.242. The van der Waals surface area contributed by atoms with Crippen LogP contribution in [0.4, 0.5) is 0 Å². The predicted octanol–water partition coefficient (Wildman–Crippen LogP) is 3.89. The van der Waals surface area contributed by atoms with Crippen LogP contribution in [0.3, 0.4) is 0 Å². The van der Waals surface area contributed by atoms with Crippen molar-refractivity contribution in [3.8, 4) is 16.3 Å². The normalized spacial score (nSPS) is 15.6. The first-order valence-electron chi connectivity index (χ1n) is 8.19. The van der Waals surface area contributed by atoms with Crippen LogP contribution in [0.5, 0.6) is 0 Å². The number of hydrogen-bond donors (Lipinski definition) is 1. The fourth-order valence-corrected chi connectivity index (χ4v) is 4.70. The summed E-state index contributed by atoms with van der Waals surface area (Å²) < 4.78 is 2.01. The first-order chi connectivity index (χ1) is 13.5. The van der Waals surface area contributed by atoms with E-state index in [2.05, 4.69) is 0 Å². The minimum Gasteiger partial charge on any atom is -0.480 e. The van der Waals surface area contributed by atoms with Gasteiger partial charge in [-0.25, -0.2) is 4.68 Å². The lowest BCUT2D eigenvalue weighted by Gasteiger charge is -2.10. The zero-order valence-corrected chi connectivity index (χ0v) is 16.8. The summed E-state index contributed by atoms with van der Waals surface area (Å²) in [6, 6.07) is 13.6. The molecule has 3 aromatic rings. The fraction of sp³-hybridized carbons (Fsp3) is 0.0526. The van der Waals surface area contributed by atoms with Crippen molar-refractivity contribution in [1.29, 1.82) is 0 Å². The van der Waals surface area contributed by atoms with Crippen LogP contribution >= 0.6 is 35.3 Å². The van der Waals surface area contributed by atoms with Gasteiger partial charge in [-0.2, -0.15) is 5.10 Å². The van der Waals surface area contributed by atoms with Gasteiger partial charge in [-0.05, 0) is 29.7 Å². The molecule has 28 heavy (non-hydrogen) atoms. The number of carbonyl (C=O) groups excluding carboxylic acids is 1.